The molecule has 0 radical (unpaired) electrons. The summed E-state index contributed by atoms with van der Waals surface area (Å²) in [6.07, 6.45) is 0.248. The quantitative estimate of drug-likeness (QED) is 0.435. The van der Waals surface area contributed by atoms with Gasteiger partial charge in [0, 0.05) is 41.1 Å². The zero-order valence-electron chi connectivity index (χ0n) is 19.2. The van der Waals surface area contributed by atoms with E-state index >= 15 is 0 Å². The molecule has 1 saturated heterocycles. The molecule has 0 bridgehead atoms. The van der Waals surface area contributed by atoms with Gasteiger partial charge in [0.15, 0.2) is 0 Å². The monoisotopic (exact) mass is 541 g/mol. The van der Waals surface area contributed by atoms with Gasteiger partial charge >= 0.3 is 6.09 Å². The zero-order valence-corrected chi connectivity index (χ0v) is 20.8. The molecule has 2 aromatic rings. The van der Waals surface area contributed by atoms with E-state index in [1.807, 2.05) is 0 Å². The summed E-state index contributed by atoms with van der Waals surface area (Å²) < 4.78 is 41.7. The number of anilines is 1. The minimum atomic E-state index is -4.08. The molecule has 36 heavy (non-hydrogen) atoms. The molecule has 1 aliphatic heterocycles. The average Bonchev–Trinajstić information content (AvgIpc) is 2.83. The number of carbonyl (C=O) groups excluding carboxylic acids is 2. The number of methoxy groups -OCH3 is 1. The van der Waals surface area contributed by atoms with Crippen LogP contribution in [0.5, 0.6) is 5.75 Å². The van der Waals surface area contributed by atoms with E-state index in [1.165, 1.54) is 42.3 Å². The van der Waals surface area contributed by atoms with Gasteiger partial charge in [-0.1, -0.05) is 0 Å². The maximum Gasteiger partial charge on any atom is 0.407 e. The Labute approximate surface area is 211 Å². The van der Waals surface area contributed by atoms with E-state index < -0.39 is 38.8 Å². The van der Waals surface area contributed by atoms with Gasteiger partial charge in [0.05, 0.1) is 7.11 Å². The molecule has 3 N–H and O–H groups in total. The Morgan fingerprint density at radius 2 is 1.81 bits per heavy atom. The van der Waals surface area contributed by atoms with E-state index in [4.69, 9.17) is 20.5 Å². The number of hydrogen-bond donors (Lipinski definition) is 3. The molecule has 1 aliphatic rings. The Morgan fingerprint density at radius 1 is 1.17 bits per heavy atom. The topological polar surface area (TPSA) is 142 Å². The molecular weight excluding hydrogens is 517 g/mol. The van der Waals surface area contributed by atoms with Gasteiger partial charge in [-0.15, -0.1) is 0 Å². The molecule has 1 atom stereocenters. The van der Waals surface area contributed by atoms with Crippen LogP contribution in [0.4, 0.5) is 14.9 Å². The third kappa shape index (κ3) is 7.08. The van der Waals surface area contributed by atoms with E-state index in [0.717, 1.165) is 12.1 Å². The van der Waals surface area contributed by atoms with Crippen molar-refractivity contribution in [3.05, 3.63) is 53.8 Å². The number of piperidine rings is 1. The number of ether oxygens (including phenoxy) is 1. The number of carbonyl (C=O) groups is 3. The lowest BCUT2D eigenvalue weighted by Gasteiger charge is -2.32. The number of likely N-dealkylation sites (tertiary alicyclic amines) is 1. The van der Waals surface area contributed by atoms with Gasteiger partial charge in [0.1, 0.15) is 22.5 Å². The lowest BCUT2D eigenvalue weighted by Crippen LogP contribution is -2.46. The SMILES string of the molecule is COc1cc(NC(=O)C(CC2CCN(C(=O)O)CC2)NC(=O)c2ccc(F)cc2)ccc1S(=O)(=O)Cl. The molecule has 1 heterocycles. The van der Waals surface area contributed by atoms with E-state index in [-0.39, 0.29) is 34.2 Å². The van der Waals surface area contributed by atoms with Crippen molar-refractivity contribution >= 4 is 43.3 Å². The molecule has 194 valence electrons. The fourth-order valence-corrected chi connectivity index (χ4v) is 4.94. The standard InChI is InChI=1S/C23H25ClFN3O7S/c1-35-19-13-17(6-7-20(19)36(24,33)34)26-22(30)18(12-14-8-10-28(11-9-14)23(31)32)27-21(29)15-2-4-16(25)5-3-15/h2-7,13-14,18H,8-12H2,1H3,(H,26,30)(H,27,29)(H,31,32). The maximum absolute atomic E-state index is 13.2. The molecule has 0 aromatic heterocycles. The van der Waals surface area contributed by atoms with Crippen LogP contribution >= 0.6 is 10.7 Å². The summed E-state index contributed by atoms with van der Waals surface area (Å²) in [5.41, 5.74) is 0.371. The van der Waals surface area contributed by atoms with E-state index in [1.54, 1.807) is 0 Å². The van der Waals surface area contributed by atoms with Crippen molar-refractivity contribution in [2.24, 2.45) is 5.92 Å². The number of hydrogen-bond acceptors (Lipinski definition) is 6. The van der Waals surface area contributed by atoms with Gasteiger partial charge in [-0.3, -0.25) is 9.59 Å². The van der Waals surface area contributed by atoms with Crippen molar-refractivity contribution in [2.75, 3.05) is 25.5 Å². The number of halogens is 2. The summed E-state index contributed by atoms with van der Waals surface area (Å²) in [6, 6.07) is 7.64. The molecule has 0 saturated carbocycles. The van der Waals surface area contributed by atoms with Crippen LogP contribution in [0, 0.1) is 11.7 Å². The second-order valence-electron chi connectivity index (χ2n) is 8.27. The molecule has 0 spiro atoms. The van der Waals surface area contributed by atoms with Crippen LogP contribution in [0.1, 0.15) is 29.6 Å². The first-order chi connectivity index (χ1) is 17.0. The van der Waals surface area contributed by atoms with Gasteiger partial charge in [0.25, 0.3) is 15.0 Å². The van der Waals surface area contributed by atoms with Crippen LogP contribution in [0.3, 0.4) is 0 Å². The number of amides is 3. The first-order valence-corrected chi connectivity index (χ1v) is 13.3. The van der Waals surface area contributed by atoms with Gasteiger partial charge in [-0.05, 0) is 61.6 Å². The van der Waals surface area contributed by atoms with Crippen LogP contribution in [0.2, 0.25) is 0 Å². The lowest BCUT2D eigenvalue weighted by molar-refractivity contribution is -0.118. The summed E-state index contributed by atoms with van der Waals surface area (Å²) in [7, 11) is 2.58. The van der Waals surface area contributed by atoms with Gasteiger partial charge < -0.3 is 25.4 Å². The second-order valence-corrected chi connectivity index (χ2v) is 10.8. The van der Waals surface area contributed by atoms with Gasteiger partial charge in [-0.25, -0.2) is 17.6 Å². The third-order valence-electron chi connectivity index (χ3n) is 5.88. The van der Waals surface area contributed by atoms with Crippen LogP contribution in [0.25, 0.3) is 0 Å². The molecule has 0 aliphatic carbocycles. The molecular formula is C23H25ClFN3O7S. The first-order valence-electron chi connectivity index (χ1n) is 11.0. The highest BCUT2D eigenvalue weighted by atomic mass is 35.7. The highest BCUT2D eigenvalue weighted by Crippen LogP contribution is 2.30. The van der Waals surface area contributed by atoms with Crippen molar-refractivity contribution in [1.29, 1.82) is 0 Å². The Bertz CT molecular complexity index is 1230. The molecule has 13 heteroatoms. The van der Waals surface area contributed by atoms with Gasteiger partial charge in [0.2, 0.25) is 5.91 Å². The molecule has 3 rings (SSSR count). The van der Waals surface area contributed by atoms with Crippen molar-refractivity contribution in [1.82, 2.24) is 10.2 Å². The molecule has 3 amide bonds. The predicted molar refractivity (Wildman–Crippen MR) is 129 cm³/mol. The maximum atomic E-state index is 13.2. The minimum absolute atomic E-state index is 0.0387. The Morgan fingerprint density at radius 3 is 2.36 bits per heavy atom. The largest absolute Gasteiger partial charge is 0.495 e. The average molecular weight is 542 g/mol. The van der Waals surface area contributed by atoms with E-state index in [2.05, 4.69) is 10.6 Å². The minimum Gasteiger partial charge on any atom is -0.495 e. The second kappa shape index (κ2) is 11.6. The summed E-state index contributed by atoms with van der Waals surface area (Å²) >= 11 is 0. The Hall–Kier alpha value is -3.38. The third-order valence-corrected chi connectivity index (χ3v) is 7.24. The van der Waals surface area contributed by atoms with Crippen LogP contribution < -0.4 is 15.4 Å². The first kappa shape index (κ1) is 27.2. The number of benzene rings is 2. The van der Waals surface area contributed by atoms with Crippen molar-refractivity contribution < 1.29 is 37.0 Å². The number of carboxylic acid groups (broad SMARTS) is 1. The fourth-order valence-electron chi connectivity index (χ4n) is 3.94. The normalized spacial score (nSPS) is 15.1. The summed E-state index contributed by atoms with van der Waals surface area (Å²) in [5.74, 6) is -1.78. The van der Waals surface area contributed by atoms with E-state index in [0.29, 0.717) is 25.9 Å². The summed E-state index contributed by atoms with van der Waals surface area (Å²) in [5, 5.41) is 14.5. The highest BCUT2D eigenvalue weighted by molar-refractivity contribution is 8.13. The van der Waals surface area contributed by atoms with Crippen LogP contribution in [0.15, 0.2) is 47.4 Å². The molecule has 10 nitrogen and oxygen atoms in total. The smallest absolute Gasteiger partial charge is 0.407 e. The highest BCUT2D eigenvalue weighted by Gasteiger charge is 2.29. The predicted octanol–water partition coefficient (Wildman–Crippen LogP) is 3.28. The Balaban J connectivity index is 1.79. The van der Waals surface area contributed by atoms with Gasteiger partial charge in [-0.2, -0.15) is 0 Å². The molecule has 1 fully saturated rings. The number of nitrogens with zero attached hydrogens (tertiary/aromatic N) is 1. The zero-order chi connectivity index (χ0) is 26.5. The van der Waals surface area contributed by atoms with Crippen molar-refractivity contribution in [2.45, 2.75) is 30.2 Å². The number of rotatable bonds is 8. The summed E-state index contributed by atoms with van der Waals surface area (Å²) in [4.78, 5) is 38.2. The fraction of sp³-hybridized carbons (Fsp3) is 0.348. The van der Waals surface area contributed by atoms with Crippen molar-refractivity contribution in [3.8, 4) is 5.75 Å². The number of nitrogens with one attached hydrogen (secondary N) is 2. The van der Waals surface area contributed by atoms with Crippen LogP contribution in [-0.4, -0.2) is 62.6 Å². The van der Waals surface area contributed by atoms with Crippen LogP contribution in [-0.2, 0) is 13.8 Å². The Kier molecular flexibility index (Phi) is 8.75. The summed E-state index contributed by atoms with van der Waals surface area (Å²) in [6.45, 7) is 0.623. The lowest BCUT2D eigenvalue weighted by atomic mass is 9.89. The molecule has 2 aromatic carbocycles. The van der Waals surface area contributed by atoms with Crippen molar-refractivity contribution in [3.63, 3.8) is 0 Å². The van der Waals surface area contributed by atoms with E-state index in [9.17, 15) is 27.2 Å². The molecule has 1 unspecified atom stereocenters.